The second-order valence-electron chi connectivity index (χ2n) is 6.53. The summed E-state index contributed by atoms with van der Waals surface area (Å²) in [5.74, 6) is 0.177. The molecule has 1 amide bonds. The van der Waals surface area contributed by atoms with E-state index in [4.69, 9.17) is 0 Å². The maximum Gasteiger partial charge on any atom is 0.269 e. The molecule has 1 aromatic carbocycles. The van der Waals surface area contributed by atoms with Gasteiger partial charge >= 0.3 is 0 Å². The molecule has 2 fully saturated rings. The maximum absolute atomic E-state index is 11.4. The lowest BCUT2D eigenvalue weighted by molar-refractivity contribution is -0.384. The van der Waals surface area contributed by atoms with Gasteiger partial charge in [-0.15, -0.1) is 0 Å². The Labute approximate surface area is 142 Å². The van der Waals surface area contributed by atoms with Crippen molar-refractivity contribution in [2.45, 2.75) is 25.8 Å². The minimum atomic E-state index is -0.366. The molecule has 2 saturated heterocycles. The van der Waals surface area contributed by atoms with E-state index in [0.717, 1.165) is 57.8 Å². The number of piperidine rings is 1. The predicted octanol–water partition coefficient (Wildman–Crippen LogP) is 1.73. The summed E-state index contributed by atoms with van der Waals surface area (Å²) in [7, 11) is 0. The van der Waals surface area contributed by atoms with Gasteiger partial charge in [0.05, 0.1) is 4.92 Å². The van der Waals surface area contributed by atoms with Crippen LogP contribution in [0.15, 0.2) is 24.3 Å². The van der Waals surface area contributed by atoms with Crippen LogP contribution in [0.2, 0.25) is 0 Å². The van der Waals surface area contributed by atoms with Gasteiger partial charge in [-0.3, -0.25) is 19.8 Å². The number of likely N-dealkylation sites (tertiary alicyclic amines) is 1. The van der Waals surface area contributed by atoms with Crippen LogP contribution in [0.5, 0.6) is 0 Å². The first-order valence-corrected chi connectivity index (χ1v) is 8.53. The molecule has 0 bridgehead atoms. The molecule has 7 heteroatoms. The Morgan fingerprint density at radius 3 is 2.12 bits per heavy atom. The molecule has 0 atom stereocenters. The van der Waals surface area contributed by atoms with Gasteiger partial charge in [-0.25, -0.2) is 0 Å². The smallest absolute Gasteiger partial charge is 0.269 e. The van der Waals surface area contributed by atoms with Gasteiger partial charge in [0.2, 0.25) is 5.91 Å². The van der Waals surface area contributed by atoms with Gasteiger partial charge in [-0.2, -0.15) is 0 Å². The van der Waals surface area contributed by atoms with Crippen LogP contribution in [-0.2, 0) is 4.79 Å². The van der Waals surface area contributed by atoms with E-state index in [0.29, 0.717) is 6.04 Å². The first-order valence-electron chi connectivity index (χ1n) is 8.53. The lowest BCUT2D eigenvalue weighted by Crippen LogP contribution is -2.53. The van der Waals surface area contributed by atoms with E-state index >= 15 is 0 Å². The minimum Gasteiger partial charge on any atom is -0.369 e. The fraction of sp³-hybridized carbons (Fsp3) is 0.588. The van der Waals surface area contributed by atoms with E-state index in [9.17, 15) is 14.9 Å². The highest BCUT2D eigenvalue weighted by molar-refractivity contribution is 5.73. The molecule has 2 heterocycles. The van der Waals surface area contributed by atoms with E-state index in [1.807, 2.05) is 17.0 Å². The van der Waals surface area contributed by atoms with Crippen LogP contribution < -0.4 is 4.90 Å². The number of non-ortho nitro benzene ring substituents is 1. The molecule has 130 valence electrons. The predicted molar refractivity (Wildman–Crippen MR) is 92.2 cm³/mol. The first-order chi connectivity index (χ1) is 11.5. The summed E-state index contributed by atoms with van der Waals surface area (Å²) in [6, 6.07) is 7.37. The fourth-order valence-corrected chi connectivity index (χ4v) is 3.68. The quantitative estimate of drug-likeness (QED) is 0.623. The SMILES string of the molecule is CC(=O)N1CCC(N2CCN(c3ccc([N+](=O)[O-])cc3)CC2)CC1. The lowest BCUT2D eigenvalue weighted by atomic mass is 10.0. The van der Waals surface area contributed by atoms with Crippen LogP contribution >= 0.6 is 0 Å². The van der Waals surface area contributed by atoms with E-state index in [-0.39, 0.29) is 16.5 Å². The third-order valence-electron chi connectivity index (χ3n) is 5.17. The molecule has 24 heavy (non-hydrogen) atoms. The Balaban J connectivity index is 1.51. The summed E-state index contributed by atoms with van der Waals surface area (Å²) in [4.78, 5) is 28.5. The summed E-state index contributed by atoms with van der Waals surface area (Å²) in [6.07, 6.45) is 2.11. The largest absolute Gasteiger partial charge is 0.369 e. The lowest BCUT2D eigenvalue weighted by Gasteiger charge is -2.43. The second kappa shape index (κ2) is 7.17. The number of nitrogens with zero attached hydrogens (tertiary/aromatic N) is 4. The maximum atomic E-state index is 11.4. The molecule has 7 nitrogen and oxygen atoms in total. The average molecular weight is 332 g/mol. The number of amides is 1. The van der Waals surface area contributed by atoms with Crippen LogP contribution in [-0.4, -0.2) is 65.9 Å². The minimum absolute atomic E-state index is 0.134. The van der Waals surface area contributed by atoms with E-state index in [2.05, 4.69) is 9.80 Å². The number of carbonyl (C=O) groups excluding carboxylic acids is 1. The molecule has 0 spiro atoms. The molecule has 2 aliphatic rings. The number of carbonyl (C=O) groups is 1. The zero-order valence-corrected chi connectivity index (χ0v) is 14.1. The zero-order chi connectivity index (χ0) is 17.1. The molecule has 0 aromatic heterocycles. The number of benzene rings is 1. The average Bonchev–Trinajstić information content (AvgIpc) is 2.62. The van der Waals surface area contributed by atoms with Crippen LogP contribution in [0.4, 0.5) is 11.4 Å². The summed E-state index contributed by atoms with van der Waals surface area (Å²) >= 11 is 0. The van der Waals surface area contributed by atoms with Crippen LogP contribution in [0.1, 0.15) is 19.8 Å². The third kappa shape index (κ3) is 3.67. The van der Waals surface area contributed by atoms with Crippen molar-refractivity contribution < 1.29 is 9.72 Å². The number of rotatable bonds is 3. The highest BCUT2D eigenvalue weighted by Gasteiger charge is 2.28. The zero-order valence-electron chi connectivity index (χ0n) is 14.1. The summed E-state index contributed by atoms with van der Waals surface area (Å²) in [5, 5.41) is 10.7. The van der Waals surface area contributed by atoms with Crippen molar-refractivity contribution in [3.8, 4) is 0 Å². The molecular formula is C17H24N4O3. The number of hydrogen-bond acceptors (Lipinski definition) is 5. The normalized spacial score (nSPS) is 20.2. The summed E-state index contributed by atoms with van der Waals surface area (Å²) < 4.78 is 0. The Morgan fingerprint density at radius 2 is 1.62 bits per heavy atom. The van der Waals surface area contributed by atoms with Crippen molar-refractivity contribution >= 4 is 17.3 Å². The van der Waals surface area contributed by atoms with Gasteiger partial charge in [0.25, 0.3) is 5.69 Å². The first kappa shape index (κ1) is 16.7. The Morgan fingerprint density at radius 1 is 1.04 bits per heavy atom. The third-order valence-corrected chi connectivity index (χ3v) is 5.17. The summed E-state index contributed by atoms with van der Waals surface area (Å²) in [6.45, 7) is 7.24. The van der Waals surface area contributed by atoms with Crippen LogP contribution in [0.25, 0.3) is 0 Å². The van der Waals surface area contributed by atoms with Crippen molar-refractivity contribution in [1.29, 1.82) is 0 Å². The van der Waals surface area contributed by atoms with Crippen molar-refractivity contribution in [2.75, 3.05) is 44.2 Å². The molecule has 0 N–H and O–H groups in total. The van der Waals surface area contributed by atoms with Crippen molar-refractivity contribution in [3.05, 3.63) is 34.4 Å². The Kier molecular flexibility index (Phi) is 4.99. The fourth-order valence-electron chi connectivity index (χ4n) is 3.68. The molecular weight excluding hydrogens is 308 g/mol. The van der Waals surface area contributed by atoms with Gasteiger partial charge in [0.15, 0.2) is 0 Å². The molecule has 0 aliphatic carbocycles. The van der Waals surface area contributed by atoms with Gasteiger partial charge in [0.1, 0.15) is 0 Å². The molecule has 0 unspecified atom stereocenters. The summed E-state index contributed by atoms with van der Waals surface area (Å²) in [5.41, 5.74) is 1.18. The van der Waals surface area contributed by atoms with Crippen molar-refractivity contribution in [3.63, 3.8) is 0 Å². The van der Waals surface area contributed by atoms with E-state index < -0.39 is 0 Å². The van der Waals surface area contributed by atoms with Gasteiger partial charge in [-0.1, -0.05) is 0 Å². The Bertz CT molecular complexity index is 588. The van der Waals surface area contributed by atoms with Gasteiger partial charge in [0, 0.05) is 70.1 Å². The molecule has 0 saturated carbocycles. The molecule has 0 radical (unpaired) electrons. The topological polar surface area (TPSA) is 69.9 Å². The molecule has 3 rings (SSSR count). The van der Waals surface area contributed by atoms with Crippen LogP contribution in [0, 0.1) is 10.1 Å². The highest BCUT2D eigenvalue weighted by atomic mass is 16.6. The number of nitro groups is 1. The standard InChI is InChI=1S/C17H24N4O3/c1-14(22)18-8-6-16(7-9-18)20-12-10-19(11-13-20)15-2-4-17(5-3-15)21(23)24/h2-5,16H,6-13H2,1H3. The molecule has 2 aliphatic heterocycles. The number of hydrogen-bond donors (Lipinski definition) is 0. The highest BCUT2D eigenvalue weighted by Crippen LogP contribution is 2.23. The van der Waals surface area contributed by atoms with E-state index in [1.165, 1.54) is 0 Å². The van der Waals surface area contributed by atoms with Crippen molar-refractivity contribution in [2.24, 2.45) is 0 Å². The van der Waals surface area contributed by atoms with Crippen molar-refractivity contribution in [1.82, 2.24) is 9.80 Å². The van der Waals surface area contributed by atoms with E-state index in [1.54, 1.807) is 19.1 Å². The van der Waals surface area contributed by atoms with Gasteiger partial charge < -0.3 is 9.80 Å². The number of nitro benzene ring substituents is 1. The second-order valence-corrected chi connectivity index (χ2v) is 6.53. The Hall–Kier alpha value is -2.15. The molecule has 1 aromatic rings. The van der Waals surface area contributed by atoms with Gasteiger partial charge in [-0.05, 0) is 25.0 Å². The van der Waals surface area contributed by atoms with Crippen LogP contribution in [0.3, 0.4) is 0 Å². The number of anilines is 1. The monoisotopic (exact) mass is 332 g/mol. The number of piperazine rings is 1.